The van der Waals surface area contributed by atoms with E-state index in [2.05, 4.69) is 69.8 Å². The van der Waals surface area contributed by atoms with E-state index in [0.29, 0.717) is 12.1 Å². The van der Waals surface area contributed by atoms with Crippen LogP contribution in [0.4, 0.5) is 5.82 Å². The van der Waals surface area contributed by atoms with Crippen molar-refractivity contribution in [2.75, 3.05) is 18.0 Å². The van der Waals surface area contributed by atoms with Crippen LogP contribution in [-0.4, -0.2) is 40.0 Å². The fraction of sp³-hybridized carbons (Fsp3) is 0.375. The summed E-state index contributed by atoms with van der Waals surface area (Å²) in [6.45, 7) is 3.08. The zero-order valence-corrected chi connectivity index (χ0v) is 15.2. The fourth-order valence-corrected chi connectivity index (χ4v) is 4.22. The molecule has 2 aliphatic heterocycles. The molecule has 2 bridgehead atoms. The van der Waals surface area contributed by atoms with Crippen LogP contribution in [0.25, 0.3) is 0 Å². The number of nitrogens with zero attached hydrogens (tertiary/aromatic N) is 4. The number of hydrogen-bond acceptors (Lipinski definition) is 4. The molecule has 2 aromatic rings. The van der Waals surface area contributed by atoms with Crippen LogP contribution in [0.1, 0.15) is 12.1 Å². The van der Waals surface area contributed by atoms with Gasteiger partial charge in [0, 0.05) is 48.6 Å². The summed E-state index contributed by atoms with van der Waals surface area (Å²) in [5.74, 6) is 1.08. The van der Waals surface area contributed by atoms with Crippen molar-refractivity contribution in [3.05, 3.63) is 51.3 Å². The molecular weight excluding hydrogens is 408 g/mol. The van der Waals surface area contributed by atoms with E-state index in [0.717, 1.165) is 40.1 Å². The van der Waals surface area contributed by atoms with E-state index in [1.54, 1.807) is 0 Å². The molecule has 0 aliphatic carbocycles. The topological polar surface area (TPSA) is 32.3 Å². The molecule has 0 saturated carbocycles. The summed E-state index contributed by atoms with van der Waals surface area (Å²) in [5.41, 5.74) is 1.14. The molecule has 6 heteroatoms. The lowest BCUT2D eigenvalue weighted by atomic mass is 10.2. The number of pyridine rings is 2. The van der Waals surface area contributed by atoms with Crippen molar-refractivity contribution in [2.45, 2.75) is 25.0 Å². The Labute approximate surface area is 146 Å². The Balaban J connectivity index is 1.46. The molecule has 0 aromatic carbocycles. The molecule has 114 valence electrons. The Morgan fingerprint density at radius 3 is 2.68 bits per heavy atom. The minimum Gasteiger partial charge on any atom is -0.350 e. The highest BCUT2D eigenvalue weighted by atomic mass is 79.9. The maximum atomic E-state index is 4.54. The van der Waals surface area contributed by atoms with Gasteiger partial charge < -0.3 is 4.90 Å². The zero-order valence-electron chi connectivity index (χ0n) is 12.0. The van der Waals surface area contributed by atoms with Crippen LogP contribution in [0.2, 0.25) is 0 Å². The lowest BCUT2D eigenvalue weighted by molar-refractivity contribution is 0.227. The molecule has 4 heterocycles. The minimum absolute atomic E-state index is 0.562. The molecule has 2 unspecified atom stereocenters. The van der Waals surface area contributed by atoms with Gasteiger partial charge >= 0.3 is 0 Å². The van der Waals surface area contributed by atoms with Crippen LogP contribution in [0.15, 0.2) is 45.6 Å². The van der Waals surface area contributed by atoms with Crippen LogP contribution in [0, 0.1) is 0 Å². The Morgan fingerprint density at radius 2 is 2.00 bits per heavy atom. The highest BCUT2D eigenvalue weighted by Crippen LogP contribution is 2.37. The minimum atomic E-state index is 0.562. The third-order valence-electron chi connectivity index (χ3n) is 4.52. The van der Waals surface area contributed by atoms with Gasteiger partial charge in [-0.15, -0.1) is 0 Å². The SMILES string of the molecule is Brc1ccc(CN2CC3CC2CN3c2ncccc2Br)nc1. The Hall–Kier alpha value is -0.980. The third-order valence-corrected chi connectivity index (χ3v) is 5.61. The number of fused-ring (bicyclic) bond motifs is 2. The molecule has 4 rings (SSSR count). The number of piperazine rings is 1. The standard InChI is InChI=1S/C16H16Br2N4/c17-11-3-4-12(20-7-11)8-21-9-14-6-13(21)10-22(14)16-15(18)2-1-5-19-16/h1-5,7,13-14H,6,8-10H2. The highest BCUT2D eigenvalue weighted by Gasteiger charge is 2.44. The summed E-state index contributed by atoms with van der Waals surface area (Å²) < 4.78 is 2.12. The molecule has 2 saturated heterocycles. The van der Waals surface area contributed by atoms with Crippen molar-refractivity contribution < 1.29 is 0 Å². The average Bonchev–Trinajstić information content (AvgIpc) is 3.10. The highest BCUT2D eigenvalue weighted by molar-refractivity contribution is 9.10. The second kappa shape index (κ2) is 5.91. The second-order valence-electron chi connectivity index (χ2n) is 5.90. The maximum absolute atomic E-state index is 4.54. The van der Waals surface area contributed by atoms with Crippen molar-refractivity contribution in [3.8, 4) is 0 Å². The maximum Gasteiger partial charge on any atom is 0.143 e. The van der Waals surface area contributed by atoms with E-state index in [-0.39, 0.29) is 0 Å². The van der Waals surface area contributed by atoms with Gasteiger partial charge in [0.15, 0.2) is 0 Å². The van der Waals surface area contributed by atoms with Crippen molar-refractivity contribution in [1.29, 1.82) is 0 Å². The van der Waals surface area contributed by atoms with Gasteiger partial charge in [-0.1, -0.05) is 0 Å². The number of likely N-dealkylation sites (tertiary alicyclic amines) is 1. The molecule has 2 atom stereocenters. The van der Waals surface area contributed by atoms with E-state index in [1.807, 2.05) is 18.5 Å². The van der Waals surface area contributed by atoms with Crippen LogP contribution in [0.3, 0.4) is 0 Å². The van der Waals surface area contributed by atoms with Gasteiger partial charge in [-0.3, -0.25) is 9.88 Å². The zero-order chi connectivity index (χ0) is 15.1. The predicted molar refractivity (Wildman–Crippen MR) is 93.8 cm³/mol. The lowest BCUT2D eigenvalue weighted by Crippen LogP contribution is -2.46. The summed E-state index contributed by atoms with van der Waals surface area (Å²) in [6.07, 6.45) is 4.97. The van der Waals surface area contributed by atoms with Crippen LogP contribution in [-0.2, 0) is 6.54 Å². The molecule has 2 aromatic heterocycles. The summed E-state index contributed by atoms with van der Waals surface area (Å²) in [6, 6.07) is 9.36. The Kier molecular flexibility index (Phi) is 3.92. The Bertz CT molecular complexity index is 676. The molecule has 0 radical (unpaired) electrons. The van der Waals surface area contributed by atoms with Gasteiger partial charge in [-0.2, -0.15) is 0 Å². The smallest absolute Gasteiger partial charge is 0.143 e. The normalized spacial score (nSPS) is 24.2. The lowest BCUT2D eigenvalue weighted by Gasteiger charge is -2.35. The summed E-state index contributed by atoms with van der Waals surface area (Å²) in [7, 11) is 0. The average molecular weight is 424 g/mol. The van der Waals surface area contributed by atoms with E-state index in [4.69, 9.17) is 0 Å². The first-order valence-corrected chi connectivity index (χ1v) is 9.01. The molecule has 0 amide bonds. The van der Waals surface area contributed by atoms with Gasteiger partial charge in [0.1, 0.15) is 5.82 Å². The molecule has 2 fully saturated rings. The number of aromatic nitrogens is 2. The summed E-state index contributed by atoms with van der Waals surface area (Å²) in [4.78, 5) is 14.0. The summed E-state index contributed by atoms with van der Waals surface area (Å²) >= 11 is 7.06. The van der Waals surface area contributed by atoms with Gasteiger partial charge in [-0.25, -0.2) is 4.98 Å². The number of halogens is 2. The molecule has 22 heavy (non-hydrogen) atoms. The van der Waals surface area contributed by atoms with Gasteiger partial charge in [0.25, 0.3) is 0 Å². The second-order valence-corrected chi connectivity index (χ2v) is 7.67. The van der Waals surface area contributed by atoms with Crippen LogP contribution in [0.5, 0.6) is 0 Å². The van der Waals surface area contributed by atoms with Crippen molar-refractivity contribution >= 4 is 37.7 Å². The molecule has 2 aliphatic rings. The van der Waals surface area contributed by atoms with Crippen molar-refractivity contribution in [3.63, 3.8) is 0 Å². The van der Waals surface area contributed by atoms with E-state index in [9.17, 15) is 0 Å². The third kappa shape index (κ3) is 2.68. The summed E-state index contributed by atoms with van der Waals surface area (Å²) in [5, 5.41) is 0. The van der Waals surface area contributed by atoms with E-state index >= 15 is 0 Å². The van der Waals surface area contributed by atoms with Crippen molar-refractivity contribution in [1.82, 2.24) is 14.9 Å². The largest absolute Gasteiger partial charge is 0.350 e. The van der Waals surface area contributed by atoms with Gasteiger partial charge in [-0.05, 0) is 62.5 Å². The Morgan fingerprint density at radius 1 is 1.09 bits per heavy atom. The van der Waals surface area contributed by atoms with E-state index in [1.165, 1.54) is 6.42 Å². The number of rotatable bonds is 3. The van der Waals surface area contributed by atoms with Gasteiger partial charge in [0.05, 0.1) is 10.2 Å². The fourth-order valence-electron chi connectivity index (χ4n) is 3.50. The van der Waals surface area contributed by atoms with Gasteiger partial charge in [0.2, 0.25) is 0 Å². The predicted octanol–water partition coefficient (Wildman–Crippen LogP) is 3.46. The first kappa shape index (κ1) is 14.6. The van der Waals surface area contributed by atoms with Crippen LogP contribution >= 0.6 is 31.9 Å². The quantitative estimate of drug-likeness (QED) is 0.756. The van der Waals surface area contributed by atoms with Crippen LogP contribution < -0.4 is 4.90 Å². The number of hydrogen-bond donors (Lipinski definition) is 0. The van der Waals surface area contributed by atoms with Crippen molar-refractivity contribution in [2.24, 2.45) is 0 Å². The number of anilines is 1. The van der Waals surface area contributed by atoms with E-state index < -0.39 is 0 Å². The first-order chi connectivity index (χ1) is 10.7. The first-order valence-electron chi connectivity index (χ1n) is 7.42. The molecule has 0 N–H and O–H groups in total. The molecule has 0 spiro atoms. The molecular formula is C16H16Br2N4. The monoisotopic (exact) mass is 422 g/mol. The molecule has 4 nitrogen and oxygen atoms in total.